The van der Waals surface area contributed by atoms with Gasteiger partial charge in [-0.2, -0.15) is 0 Å². The maximum absolute atomic E-state index is 11.7. The number of hydrogen-bond donors (Lipinski definition) is 1. The topological polar surface area (TPSA) is 63.4 Å². The number of rotatable bonds is 3. The molecule has 2 N–H and O–H groups in total. The minimum atomic E-state index is -3.13. The van der Waals surface area contributed by atoms with Crippen LogP contribution in [0, 0.1) is 5.92 Å². The molecule has 1 aliphatic heterocycles. The molecule has 5 heteroatoms. The van der Waals surface area contributed by atoms with Crippen LogP contribution in [0.3, 0.4) is 0 Å². The highest BCUT2D eigenvalue weighted by molar-refractivity contribution is 7.89. The smallest absolute Gasteiger partial charge is 0.217 e. The summed E-state index contributed by atoms with van der Waals surface area (Å²) in [7, 11) is -3.13. The lowest BCUT2D eigenvalue weighted by molar-refractivity contribution is 0.250. The third-order valence-corrected chi connectivity index (χ3v) is 4.43. The first-order valence-corrected chi connectivity index (χ1v) is 6.42. The normalized spacial score (nSPS) is 30.1. The number of sulfonamides is 1. The third kappa shape index (κ3) is 2.56. The van der Waals surface area contributed by atoms with Gasteiger partial charge in [-0.3, -0.25) is 0 Å². The van der Waals surface area contributed by atoms with E-state index in [1.54, 1.807) is 0 Å². The van der Waals surface area contributed by atoms with Crippen molar-refractivity contribution >= 4 is 10.0 Å². The monoisotopic (exact) mass is 218 g/mol. The Labute approximate surface area is 85.8 Å². The molecule has 14 heavy (non-hydrogen) atoms. The fourth-order valence-electron chi connectivity index (χ4n) is 1.63. The molecule has 0 aromatic carbocycles. The Bertz CT molecular complexity index is 300. The molecular formula is C9H18N2O2S. The molecule has 4 nitrogen and oxygen atoms in total. The van der Waals surface area contributed by atoms with E-state index in [0.29, 0.717) is 13.1 Å². The molecule has 0 radical (unpaired) electrons. The summed E-state index contributed by atoms with van der Waals surface area (Å²) in [6, 6.07) is 0.130. The first kappa shape index (κ1) is 11.7. The van der Waals surface area contributed by atoms with Crippen LogP contribution >= 0.6 is 0 Å². The summed E-state index contributed by atoms with van der Waals surface area (Å²) in [5.74, 6) is 0.262. The van der Waals surface area contributed by atoms with Crippen LogP contribution in [-0.2, 0) is 10.0 Å². The van der Waals surface area contributed by atoms with Crippen molar-refractivity contribution in [2.45, 2.75) is 19.4 Å². The van der Waals surface area contributed by atoms with E-state index >= 15 is 0 Å². The maximum Gasteiger partial charge on any atom is 0.217 e. The van der Waals surface area contributed by atoms with Gasteiger partial charge in [-0.1, -0.05) is 13.0 Å². The van der Waals surface area contributed by atoms with E-state index in [1.807, 2.05) is 6.92 Å². The summed E-state index contributed by atoms with van der Waals surface area (Å²) >= 11 is 0. The van der Waals surface area contributed by atoms with Crippen LogP contribution in [0.5, 0.6) is 0 Å². The molecule has 0 spiro atoms. The molecule has 1 saturated heterocycles. The van der Waals surface area contributed by atoms with Gasteiger partial charge in [0.2, 0.25) is 10.0 Å². The summed E-state index contributed by atoms with van der Waals surface area (Å²) in [6.45, 7) is 6.51. The summed E-state index contributed by atoms with van der Waals surface area (Å²) < 4.78 is 24.8. The van der Waals surface area contributed by atoms with E-state index in [9.17, 15) is 8.42 Å². The van der Waals surface area contributed by atoms with Crippen LogP contribution in [0.25, 0.3) is 0 Å². The van der Waals surface area contributed by atoms with Gasteiger partial charge in [-0.15, -0.1) is 6.58 Å². The van der Waals surface area contributed by atoms with E-state index < -0.39 is 10.0 Å². The van der Waals surface area contributed by atoms with E-state index in [-0.39, 0.29) is 17.7 Å². The average Bonchev–Trinajstić information content (AvgIpc) is 2.09. The molecule has 82 valence electrons. The quantitative estimate of drug-likeness (QED) is 0.687. The van der Waals surface area contributed by atoms with Gasteiger partial charge in [-0.05, 0) is 12.3 Å². The summed E-state index contributed by atoms with van der Waals surface area (Å²) in [5.41, 5.74) is 5.82. The average molecular weight is 218 g/mol. The van der Waals surface area contributed by atoms with E-state index in [1.165, 1.54) is 10.4 Å². The van der Waals surface area contributed by atoms with Crippen molar-refractivity contribution in [3.8, 4) is 0 Å². The first-order chi connectivity index (χ1) is 6.47. The highest BCUT2D eigenvalue weighted by Gasteiger charge is 2.29. The molecule has 1 fully saturated rings. The highest BCUT2D eigenvalue weighted by atomic mass is 32.2. The summed E-state index contributed by atoms with van der Waals surface area (Å²) in [4.78, 5) is 0. The fourth-order valence-corrected chi connectivity index (χ4v) is 2.99. The van der Waals surface area contributed by atoms with Crippen LogP contribution in [0.1, 0.15) is 13.3 Å². The Morgan fingerprint density at radius 2 is 2.29 bits per heavy atom. The van der Waals surface area contributed by atoms with Crippen molar-refractivity contribution in [3.05, 3.63) is 12.7 Å². The Morgan fingerprint density at radius 3 is 2.79 bits per heavy atom. The van der Waals surface area contributed by atoms with Gasteiger partial charge >= 0.3 is 0 Å². The van der Waals surface area contributed by atoms with E-state index in [4.69, 9.17) is 5.73 Å². The summed E-state index contributed by atoms with van der Waals surface area (Å²) in [6.07, 6.45) is 2.17. The molecule has 1 rings (SSSR count). The van der Waals surface area contributed by atoms with Crippen LogP contribution in [0.2, 0.25) is 0 Å². The second-order valence-corrected chi connectivity index (χ2v) is 5.87. The zero-order valence-corrected chi connectivity index (χ0v) is 9.33. The van der Waals surface area contributed by atoms with Crippen LogP contribution in [0.4, 0.5) is 0 Å². The standard InChI is InChI=1S/C9H18N2O2S/c1-3-6-14(12,13)11-5-4-9(10)8(2)7-11/h3,8-9H,1,4-7,10H2,2H3. The van der Waals surface area contributed by atoms with Crippen molar-refractivity contribution in [1.29, 1.82) is 0 Å². The van der Waals surface area contributed by atoms with Crippen LogP contribution in [0.15, 0.2) is 12.7 Å². The zero-order valence-electron chi connectivity index (χ0n) is 8.52. The Balaban J connectivity index is 2.67. The SMILES string of the molecule is C=CCS(=O)(=O)N1CCC(N)C(C)C1. The van der Waals surface area contributed by atoms with Gasteiger partial charge in [-0.25, -0.2) is 12.7 Å². The predicted octanol–water partition coefficient (Wildman–Crippen LogP) is 0.171. The molecule has 1 heterocycles. The molecule has 1 aliphatic rings. The minimum absolute atomic E-state index is 0.0228. The third-order valence-electron chi connectivity index (χ3n) is 2.66. The number of nitrogens with zero attached hydrogens (tertiary/aromatic N) is 1. The lowest BCUT2D eigenvalue weighted by Crippen LogP contribution is -2.48. The lowest BCUT2D eigenvalue weighted by Gasteiger charge is -2.33. The van der Waals surface area contributed by atoms with Crippen molar-refractivity contribution in [2.75, 3.05) is 18.8 Å². The van der Waals surface area contributed by atoms with Gasteiger partial charge in [0.05, 0.1) is 5.75 Å². The molecular weight excluding hydrogens is 200 g/mol. The molecule has 2 unspecified atom stereocenters. The van der Waals surface area contributed by atoms with Gasteiger partial charge in [0.1, 0.15) is 0 Å². The second-order valence-electron chi connectivity index (χ2n) is 3.86. The van der Waals surface area contributed by atoms with Crippen LogP contribution in [-0.4, -0.2) is 37.6 Å². The largest absolute Gasteiger partial charge is 0.327 e. The minimum Gasteiger partial charge on any atom is -0.327 e. The lowest BCUT2D eigenvalue weighted by atomic mass is 9.96. The molecule has 2 atom stereocenters. The zero-order chi connectivity index (χ0) is 10.8. The summed E-state index contributed by atoms with van der Waals surface area (Å²) in [5, 5.41) is 0. The van der Waals surface area contributed by atoms with Crippen LogP contribution < -0.4 is 5.73 Å². The Morgan fingerprint density at radius 1 is 1.64 bits per heavy atom. The van der Waals surface area contributed by atoms with Crippen molar-refractivity contribution < 1.29 is 8.42 Å². The number of piperidine rings is 1. The maximum atomic E-state index is 11.7. The molecule has 0 amide bonds. The molecule has 0 bridgehead atoms. The van der Waals surface area contributed by atoms with Crippen molar-refractivity contribution in [3.63, 3.8) is 0 Å². The van der Waals surface area contributed by atoms with Crippen molar-refractivity contribution in [2.24, 2.45) is 11.7 Å². The van der Waals surface area contributed by atoms with Gasteiger partial charge in [0.25, 0.3) is 0 Å². The van der Waals surface area contributed by atoms with E-state index in [2.05, 4.69) is 6.58 Å². The van der Waals surface area contributed by atoms with Gasteiger partial charge < -0.3 is 5.73 Å². The predicted molar refractivity (Wildman–Crippen MR) is 57.3 cm³/mol. The Hall–Kier alpha value is -0.390. The second kappa shape index (κ2) is 4.42. The van der Waals surface area contributed by atoms with Crippen molar-refractivity contribution in [1.82, 2.24) is 4.31 Å². The van der Waals surface area contributed by atoms with Gasteiger partial charge in [0, 0.05) is 19.1 Å². The number of nitrogens with two attached hydrogens (primary N) is 1. The Kier molecular flexibility index (Phi) is 3.69. The molecule has 0 aliphatic carbocycles. The molecule has 0 aromatic heterocycles. The fraction of sp³-hybridized carbons (Fsp3) is 0.778. The molecule has 0 saturated carbocycles. The molecule has 0 aromatic rings. The highest BCUT2D eigenvalue weighted by Crippen LogP contribution is 2.18. The van der Waals surface area contributed by atoms with E-state index in [0.717, 1.165) is 6.42 Å². The number of hydrogen-bond acceptors (Lipinski definition) is 3. The van der Waals surface area contributed by atoms with Gasteiger partial charge in [0.15, 0.2) is 0 Å². The first-order valence-electron chi connectivity index (χ1n) is 4.81.